The van der Waals surface area contributed by atoms with E-state index in [0.717, 1.165) is 26.1 Å². The normalized spacial score (nSPS) is 10.9. The van der Waals surface area contributed by atoms with Gasteiger partial charge in [-0.05, 0) is 26.1 Å². The van der Waals surface area contributed by atoms with Crippen LogP contribution in [-0.4, -0.2) is 47.5 Å². The maximum absolute atomic E-state index is 11.8. The summed E-state index contributed by atoms with van der Waals surface area (Å²) in [6.45, 7) is 8.69. The molecule has 6 nitrogen and oxygen atoms in total. The van der Waals surface area contributed by atoms with Gasteiger partial charge in [-0.3, -0.25) is 4.79 Å². The summed E-state index contributed by atoms with van der Waals surface area (Å²) in [7, 11) is 0. The first-order valence-electron chi connectivity index (χ1n) is 6.83. The van der Waals surface area contributed by atoms with Crippen molar-refractivity contribution in [2.45, 2.75) is 26.8 Å². The van der Waals surface area contributed by atoms with Crippen LogP contribution < -0.4 is 16.0 Å². The van der Waals surface area contributed by atoms with E-state index in [0.29, 0.717) is 25.4 Å². The summed E-state index contributed by atoms with van der Waals surface area (Å²) in [6.07, 6.45) is 2.35. The van der Waals surface area contributed by atoms with Gasteiger partial charge in [-0.25, -0.2) is 4.68 Å². The average molecular weight is 268 g/mol. The van der Waals surface area contributed by atoms with Crippen molar-refractivity contribution < 1.29 is 4.74 Å². The highest BCUT2D eigenvalue weighted by molar-refractivity contribution is 5.13. The largest absolute Gasteiger partial charge is 0.492 e. The number of ether oxygens (including phenoxy) is 1. The molecule has 1 aromatic heterocycles. The highest BCUT2D eigenvalue weighted by atomic mass is 16.5. The van der Waals surface area contributed by atoms with E-state index >= 15 is 0 Å². The third-order valence-corrected chi connectivity index (χ3v) is 2.98. The molecule has 0 fully saturated rings. The Morgan fingerprint density at radius 2 is 2.16 bits per heavy atom. The Labute approximate surface area is 114 Å². The molecule has 0 spiro atoms. The van der Waals surface area contributed by atoms with Gasteiger partial charge in [0.2, 0.25) is 0 Å². The second kappa shape index (κ2) is 8.66. The first kappa shape index (κ1) is 15.7. The lowest BCUT2D eigenvalue weighted by Crippen LogP contribution is -2.31. The number of hydrogen-bond donors (Lipinski definition) is 1. The summed E-state index contributed by atoms with van der Waals surface area (Å²) in [5.74, 6) is 0.512. The van der Waals surface area contributed by atoms with Crippen LogP contribution in [-0.2, 0) is 6.54 Å². The molecule has 108 valence electrons. The van der Waals surface area contributed by atoms with Gasteiger partial charge in [-0.1, -0.05) is 13.8 Å². The van der Waals surface area contributed by atoms with E-state index in [1.807, 2.05) is 0 Å². The summed E-state index contributed by atoms with van der Waals surface area (Å²) in [5.41, 5.74) is 5.25. The van der Waals surface area contributed by atoms with Gasteiger partial charge >= 0.3 is 0 Å². The molecule has 0 amide bonds. The lowest BCUT2D eigenvalue weighted by molar-refractivity contribution is 0.279. The number of nitrogens with two attached hydrogens (primary N) is 1. The van der Waals surface area contributed by atoms with Gasteiger partial charge in [-0.2, -0.15) is 5.10 Å². The Bertz CT molecular complexity index is 415. The molecule has 0 aliphatic carbocycles. The van der Waals surface area contributed by atoms with E-state index in [1.165, 1.54) is 10.7 Å². The van der Waals surface area contributed by atoms with Gasteiger partial charge in [0.15, 0.2) is 0 Å². The van der Waals surface area contributed by atoms with E-state index in [2.05, 4.69) is 23.8 Å². The minimum atomic E-state index is -0.127. The molecule has 0 aliphatic rings. The van der Waals surface area contributed by atoms with E-state index in [9.17, 15) is 4.79 Å². The molecule has 0 aliphatic heterocycles. The summed E-state index contributed by atoms with van der Waals surface area (Å²) >= 11 is 0. The van der Waals surface area contributed by atoms with E-state index < -0.39 is 0 Å². The molecule has 0 unspecified atom stereocenters. The quantitative estimate of drug-likeness (QED) is 0.653. The fourth-order valence-electron chi connectivity index (χ4n) is 1.71. The van der Waals surface area contributed by atoms with Crippen LogP contribution >= 0.6 is 0 Å². The van der Waals surface area contributed by atoms with Gasteiger partial charge in [0.05, 0.1) is 19.3 Å². The first-order valence-corrected chi connectivity index (χ1v) is 6.83. The standard InChI is InChI=1S/C13H24N4O2/c1-3-16(4-2)7-8-17-13(18)10-12(11-15-17)19-9-5-6-14/h10-11H,3-9,14H2,1-2H3. The summed E-state index contributed by atoms with van der Waals surface area (Å²) in [6, 6.07) is 1.48. The van der Waals surface area contributed by atoms with Crippen LogP contribution in [0, 0.1) is 0 Å². The Morgan fingerprint density at radius 1 is 1.42 bits per heavy atom. The van der Waals surface area contributed by atoms with Gasteiger partial charge in [0, 0.05) is 12.6 Å². The van der Waals surface area contributed by atoms with Crippen molar-refractivity contribution in [3.05, 3.63) is 22.6 Å². The number of likely N-dealkylation sites (N-methyl/N-ethyl adjacent to an activating group) is 1. The highest BCUT2D eigenvalue weighted by Gasteiger charge is 2.03. The molecule has 0 atom stereocenters. The summed E-state index contributed by atoms with van der Waals surface area (Å²) in [5, 5.41) is 4.12. The number of nitrogens with zero attached hydrogens (tertiary/aromatic N) is 3. The molecule has 2 N–H and O–H groups in total. The molecule has 1 aromatic rings. The van der Waals surface area contributed by atoms with Crippen molar-refractivity contribution in [3.8, 4) is 5.75 Å². The average Bonchev–Trinajstić information content (AvgIpc) is 2.42. The highest BCUT2D eigenvalue weighted by Crippen LogP contribution is 2.03. The Balaban J connectivity index is 2.54. The second-order valence-corrected chi connectivity index (χ2v) is 4.27. The van der Waals surface area contributed by atoms with E-state index in [-0.39, 0.29) is 5.56 Å². The molecular formula is C13H24N4O2. The lowest BCUT2D eigenvalue weighted by atomic mass is 10.4. The summed E-state index contributed by atoms with van der Waals surface area (Å²) < 4.78 is 6.85. The monoisotopic (exact) mass is 268 g/mol. The molecule has 0 bridgehead atoms. The van der Waals surface area contributed by atoms with Gasteiger partial charge < -0.3 is 15.4 Å². The fraction of sp³-hybridized carbons (Fsp3) is 0.692. The minimum Gasteiger partial charge on any atom is -0.492 e. The predicted molar refractivity (Wildman–Crippen MR) is 75.5 cm³/mol. The number of rotatable bonds is 9. The van der Waals surface area contributed by atoms with Crippen molar-refractivity contribution in [2.75, 3.05) is 32.8 Å². The van der Waals surface area contributed by atoms with Crippen LogP contribution in [0.1, 0.15) is 20.3 Å². The van der Waals surface area contributed by atoms with Crippen molar-refractivity contribution in [3.63, 3.8) is 0 Å². The number of hydrogen-bond acceptors (Lipinski definition) is 5. The van der Waals surface area contributed by atoms with Crippen molar-refractivity contribution in [2.24, 2.45) is 5.73 Å². The third kappa shape index (κ3) is 5.40. The fourth-order valence-corrected chi connectivity index (χ4v) is 1.71. The Hall–Kier alpha value is -1.40. The molecular weight excluding hydrogens is 244 g/mol. The zero-order valence-electron chi connectivity index (χ0n) is 11.8. The molecule has 0 saturated heterocycles. The van der Waals surface area contributed by atoms with Gasteiger partial charge in [0.25, 0.3) is 5.56 Å². The van der Waals surface area contributed by atoms with Crippen LogP contribution in [0.5, 0.6) is 5.75 Å². The molecule has 0 saturated carbocycles. The zero-order valence-corrected chi connectivity index (χ0v) is 11.8. The van der Waals surface area contributed by atoms with E-state index in [1.54, 1.807) is 6.20 Å². The molecule has 1 heterocycles. The van der Waals surface area contributed by atoms with Crippen molar-refractivity contribution in [1.29, 1.82) is 0 Å². The molecule has 0 radical (unpaired) electrons. The SMILES string of the molecule is CCN(CC)CCn1ncc(OCCCN)cc1=O. The number of aromatic nitrogens is 2. The predicted octanol–water partition coefficient (Wildman–Crippen LogP) is 0.313. The molecule has 0 aromatic carbocycles. The second-order valence-electron chi connectivity index (χ2n) is 4.27. The Kier molecular flexibility index (Phi) is 7.14. The van der Waals surface area contributed by atoms with Crippen molar-refractivity contribution in [1.82, 2.24) is 14.7 Å². The van der Waals surface area contributed by atoms with Gasteiger partial charge in [0.1, 0.15) is 5.75 Å². The van der Waals surface area contributed by atoms with Crippen LogP contribution in [0.25, 0.3) is 0 Å². The maximum atomic E-state index is 11.8. The molecule has 6 heteroatoms. The maximum Gasteiger partial charge on any atom is 0.270 e. The molecule has 19 heavy (non-hydrogen) atoms. The Morgan fingerprint density at radius 3 is 2.74 bits per heavy atom. The topological polar surface area (TPSA) is 73.4 Å². The van der Waals surface area contributed by atoms with Crippen LogP contribution in [0.3, 0.4) is 0 Å². The third-order valence-electron chi connectivity index (χ3n) is 2.98. The summed E-state index contributed by atoms with van der Waals surface area (Å²) in [4.78, 5) is 14.1. The smallest absolute Gasteiger partial charge is 0.270 e. The molecule has 1 rings (SSSR count). The first-order chi connectivity index (χ1) is 9.21. The van der Waals surface area contributed by atoms with Crippen LogP contribution in [0.15, 0.2) is 17.1 Å². The van der Waals surface area contributed by atoms with Gasteiger partial charge in [-0.15, -0.1) is 0 Å². The van der Waals surface area contributed by atoms with Crippen molar-refractivity contribution >= 4 is 0 Å². The lowest BCUT2D eigenvalue weighted by Gasteiger charge is -2.17. The minimum absolute atomic E-state index is 0.127. The van der Waals surface area contributed by atoms with Crippen LogP contribution in [0.4, 0.5) is 0 Å². The van der Waals surface area contributed by atoms with E-state index in [4.69, 9.17) is 10.5 Å². The van der Waals surface area contributed by atoms with Crippen LogP contribution in [0.2, 0.25) is 0 Å². The zero-order chi connectivity index (χ0) is 14.1.